The molecule has 2 N–H and O–H groups in total. The van der Waals surface area contributed by atoms with Crippen molar-refractivity contribution in [1.82, 2.24) is 10.7 Å². The normalized spacial score (nSPS) is 11.9. The van der Waals surface area contributed by atoms with E-state index in [-0.39, 0.29) is 22.2 Å². The van der Waals surface area contributed by atoms with E-state index in [9.17, 15) is 19.7 Å². The highest BCUT2D eigenvalue weighted by Crippen LogP contribution is 2.24. The third-order valence-electron chi connectivity index (χ3n) is 5.06. The molecule has 0 saturated heterocycles. The average molecular weight is 474 g/mol. The summed E-state index contributed by atoms with van der Waals surface area (Å²) >= 11 is 6.08. The van der Waals surface area contributed by atoms with Gasteiger partial charge in [-0.05, 0) is 38.0 Å². The number of hydrogen-bond donors (Lipinski definition) is 2. The molecule has 1 atom stereocenters. The van der Waals surface area contributed by atoms with Crippen molar-refractivity contribution >= 4 is 41.0 Å². The number of nitrogens with one attached hydrogen (secondary N) is 2. The monoisotopic (exact) mass is 473 g/mol. The van der Waals surface area contributed by atoms with Crippen molar-refractivity contribution in [2.24, 2.45) is 11.0 Å². The molecule has 0 saturated carbocycles. The summed E-state index contributed by atoms with van der Waals surface area (Å²) in [7, 11) is 0. The van der Waals surface area contributed by atoms with Crippen LogP contribution in [0.2, 0.25) is 5.02 Å². The molecule has 0 aliphatic heterocycles. The lowest BCUT2D eigenvalue weighted by atomic mass is 10.0. The number of hydrazone groups is 1. The Morgan fingerprint density at radius 1 is 1.18 bits per heavy atom. The quantitative estimate of drug-likeness (QED) is 0.307. The number of nitro groups is 1. The first-order valence-electron chi connectivity index (χ1n) is 10.6. The Hall–Kier alpha value is -3.46. The third kappa shape index (κ3) is 6.76. The van der Waals surface area contributed by atoms with Crippen molar-refractivity contribution in [3.05, 3.63) is 68.7 Å². The fourth-order valence-electron chi connectivity index (χ4n) is 3.25. The highest BCUT2D eigenvalue weighted by atomic mass is 35.5. The maximum absolute atomic E-state index is 12.7. The van der Waals surface area contributed by atoms with Gasteiger partial charge in [-0.2, -0.15) is 5.10 Å². The van der Waals surface area contributed by atoms with Crippen LogP contribution in [0.4, 0.5) is 11.4 Å². The second-order valence-corrected chi connectivity index (χ2v) is 7.99. The standard InChI is InChI=1S/C23H28ClN5O4/c1-5-28(6-2)20-12-11-17(29(32)33)13-16(20)14-25-27-23(31)21(15(3)4)26-22(30)18-9-7-8-10-19(18)24/h7-15,21H,5-6H2,1-4H3,(H,26,30)(H,27,31)/b25-14+. The van der Waals surface area contributed by atoms with Crippen molar-refractivity contribution in [2.75, 3.05) is 18.0 Å². The van der Waals surface area contributed by atoms with Gasteiger partial charge in [0.15, 0.2) is 0 Å². The minimum atomic E-state index is -0.863. The van der Waals surface area contributed by atoms with Gasteiger partial charge in [-0.25, -0.2) is 5.43 Å². The number of nitrogens with zero attached hydrogens (tertiary/aromatic N) is 3. The highest BCUT2D eigenvalue weighted by molar-refractivity contribution is 6.33. The molecule has 1 unspecified atom stereocenters. The summed E-state index contributed by atoms with van der Waals surface area (Å²) in [5.74, 6) is -1.21. The number of carbonyl (C=O) groups is 2. The second kappa shape index (κ2) is 12.0. The van der Waals surface area contributed by atoms with E-state index in [1.54, 1.807) is 44.2 Å². The summed E-state index contributed by atoms with van der Waals surface area (Å²) < 4.78 is 0. The molecule has 9 nitrogen and oxygen atoms in total. The van der Waals surface area contributed by atoms with Gasteiger partial charge in [0.2, 0.25) is 0 Å². The molecule has 2 aromatic rings. The predicted octanol–water partition coefficient (Wildman–Crippen LogP) is 4.00. The van der Waals surface area contributed by atoms with Crippen molar-refractivity contribution in [3.8, 4) is 0 Å². The minimum Gasteiger partial charge on any atom is -0.372 e. The Balaban J connectivity index is 2.20. The first-order chi connectivity index (χ1) is 15.7. The summed E-state index contributed by atoms with van der Waals surface area (Å²) in [5.41, 5.74) is 3.87. The van der Waals surface area contributed by atoms with Gasteiger partial charge in [-0.3, -0.25) is 19.7 Å². The maximum atomic E-state index is 12.7. The first kappa shape index (κ1) is 25.8. The number of anilines is 1. The molecule has 33 heavy (non-hydrogen) atoms. The van der Waals surface area contributed by atoms with Crippen molar-refractivity contribution in [1.29, 1.82) is 0 Å². The van der Waals surface area contributed by atoms with Gasteiger partial charge >= 0.3 is 0 Å². The molecule has 10 heteroatoms. The molecule has 0 aliphatic rings. The van der Waals surface area contributed by atoms with E-state index in [4.69, 9.17) is 11.6 Å². The highest BCUT2D eigenvalue weighted by Gasteiger charge is 2.25. The Bertz CT molecular complexity index is 1040. The fraction of sp³-hybridized carbons (Fsp3) is 0.348. The summed E-state index contributed by atoms with van der Waals surface area (Å²) in [6.45, 7) is 8.93. The number of nitro benzene ring substituents is 1. The molecule has 0 aliphatic carbocycles. The summed E-state index contributed by atoms with van der Waals surface area (Å²) in [6, 6.07) is 10.2. The Morgan fingerprint density at radius 2 is 1.85 bits per heavy atom. The van der Waals surface area contributed by atoms with Crippen LogP contribution in [0, 0.1) is 16.0 Å². The van der Waals surface area contributed by atoms with Gasteiger partial charge in [-0.15, -0.1) is 0 Å². The third-order valence-corrected chi connectivity index (χ3v) is 5.39. The molecular weight excluding hydrogens is 446 g/mol. The van der Waals surface area contributed by atoms with Crippen LogP contribution in [0.3, 0.4) is 0 Å². The molecule has 0 spiro atoms. The van der Waals surface area contributed by atoms with E-state index in [0.717, 1.165) is 5.69 Å². The Kier molecular flexibility index (Phi) is 9.35. The lowest BCUT2D eigenvalue weighted by Gasteiger charge is -2.23. The van der Waals surface area contributed by atoms with Crippen LogP contribution in [0.1, 0.15) is 43.6 Å². The SMILES string of the molecule is CCN(CC)c1ccc([N+](=O)[O-])cc1/C=N/NC(=O)C(NC(=O)c1ccccc1Cl)C(C)C. The topological polar surface area (TPSA) is 117 Å². The van der Waals surface area contributed by atoms with E-state index in [2.05, 4.69) is 15.8 Å². The number of hydrogen-bond acceptors (Lipinski definition) is 6. The van der Waals surface area contributed by atoms with Crippen LogP contribution >= 0.6 is 11.6 Å². The Morgan fingerprint density at radius 3 is 2.42 bits per heavy atom. The van der Waals surface area contributed by atoms with Crippen LogP contribution in [0.15, 0.2) is 47.6 Å². The number of carbonyl (C=O) groups excluding carboxylic acids is 2. The average Bonchev–Trinajstić information content (AvgIpc) is 2.78. The van der Waals surface area contributed by atoms with Gasteiger partial charge in [0.05, 0.1) is 21.7 Å². The molecule has 0 bridgehead atoms. The largest absolute Gasteiger partial charge is 0.372 e. The number of benzene rings is 2. The molecule has 2 rings (SSSR count). The summed E-state index contributed by atoms with van der Waals surface area (Å²) in [5, 5.41) is 18.2. The molecule has 0 fully saturated rings. The van der Waals surface area contributed by atoms with E-state index in [1.807, 2.05) is 18.7 Å². The van der Waals surface area contributed by atoms with Crippen LogP contribution in [-0.4, -0.2) is 42.1 Å². The van der Waals surface area contributed by atoms with Crippen molar-refractivity contribution < 1.29 is 14.5 Å². The van der Waals surface area contributed by atoms with Crippen LogP contribution in [-0.2, 0) is 4.79 Å². The molecule has 0 radical (unpaired) electrons. The fourth-order valence-corrected chi connectivity index (χ4v) is 3.47. The first-order valence-corrected chi connectivity index (χ1v) is 11.0. The van der Waals surface area contributed by atoms with Gasteiger partial charge in [-0.1, -0.05) is 37.6 Å². The van der Waals surface area contributed by atoms with Gasteiger partial charge in [0, 0.05) is 36.5 Å². The lowest BCUT2D eigenvalue weighted by Crippen LogP contribution is -2.48. The molecule has 2 amide bonds. The predicted molar refractivity (Wildman–Crippen MR) is 130 cm³/mol. The second-order valence-electron chi connectivity index (χ2n) is 7.58. The van der Waals surface area contributed by atoms with Gasteiger partial charge in [0.1, 0.15) is 6.04 Å². The number of rotatable bonds is 10. The van der Waals surface area contributed by atoms with Gasteiger partial charge < -0.3 is 10.2 Å². The number of amides is 2. The number of halogens is 1. The Labute approximate surface area is 198 Å². The zero-order valence-electron chi connectivity index (χ0n) is 19.0. The molecule has 2 aromatic carbocycles. The summed E-state index contributed by atoms with van der Waals surface area (Å²) in [6.07, 6.45) is 1.37. The zero-order chi connectivity index (χ0) is 24.5. The van der Waals surface area contributed by atoms with Crippen molar-refractivity contribution in [3.63, 3.8) is 0 Å². The molecule has 0 aromatic heterocycles. The number of non-ortho nitro benzene ring substituents is 1. The smallest absolute Gasteiger partial charge is 0.270 e. The van der Waals surface area contributed by atoms with Crippen LogP contribution in [0.5, 0.6) is 0 Å². The van der Waals surface area contributed by atoms with E-state index < -0.39 is 22.8 Å². The molecular formula is C23H28ClN5O4. The van der Waals surface area contributed by atoms with Crippen LogP contribution in [0.25, 0.3) is 0 Å². The van der Waals surface area contributed by atoms with E-state index in [1.165, 1.54) is 18.3 Å². The van der Waals surface area contributed by atoms with E-state index >= 15 is 0 Å². The zero-order valence-corrected chi connectivity index (χ0v) is 19.8. The summed E-state index contributed by atoms with van der Waals surface area (Å²) in [4.78, 5) is 38.1. The van der Waals surface area contributed by atoms with Crippen molar-refractivity contribution in [2.45, 2.75) is 33.7 Å². The lowest BCUT2D eigenvalue weighted by molar-refractivity contribution is -0.384. The van der Waals surface area contributed by atoms with E-state index in [0.29, 0.717) is 18.7 Å². The molecule has 176 valence electrons. The minimum absolute atomic E-state index is 0.0780. The molecule has 0 heterocycles. The van der Waals surface area contributed by atoms with Crippen LogP contribution < -0.4 is 15.6 Å². The van der Waals surface area contributed by atoms with Gasteiger partial charge in [0.25, 0.3) is 17.5 Å². The maximum Gasteiger partial charge on any atom is 0.270 e.